The fourth-order valence-electron chi connectivity index (χ4n) is 2.66. The van der Waals surface area contributed by atoms with Crippen molar-refractivity contribution in [1.82, 2.24) is 10.2 Å². The first-order chi connectivity index (χ1) is 8.69. The van der Waals surface area contributed by atoms with E-state index in [0.29, 0.717) is 18.6 Å². The Morgan fingerprint density at radius 2 is 1.89 bits per heavy atom. The van der Waals surface area contributed by atoms with Crippen molar-refractivity contribution in [2.24, 2.45) is 5.41 Å². The molecule has 2 unspecified atom stereocenters. The van der Waals surface area contributed by atoms with Gasteiger partial charge >= 0.3 is 0 Å². The SMILES string of the molecule is CCC1CN(CCS(=O)(=O)CC)C(C(C)(C)C)CN1. The fourth-order valence-corrected chi connectivity index (χ4v) is 3.46. The van der Waals surface area contributed by atoms with Gasteiger partial charge in [0.05, 0.1) is 5.75 Å². The number of hydrogen-bond acceptors (Lipinski definition) is 4. The molecule has 114 valence electrons. The van der Waals surface area contributed by atoms with Gasteiger partial charge in [-0.25, -0.2) is 8.42 Å². The van der Waals surface area contributed by atoms with Gasteiger partial charge in [-0.1, -0.05) is 34.6 Å². The third-order valence-electron chi connectivity index (χ3n) is 4.12. The predicted molar refractivity (Wildman–Crippen MR) is 81.2 cm³/mol. The lowest BCUT2D eigenvalue weighted by Gasteiger charge is -2.46. The van der Waals surface area contributed by atoms with Crippen LogP contribution in [0.2, 0.25) is 0 Å². The minimum Gasteiger partial charge on any atom is -0.311 e. The van der Waals surface area contributed by atoms with E-state index in [2.05, 4.69) is 37.9 Å². The molecule has 0 aromatic heterocycles. The molecule has 1 rings (SSSR count). The maximum atomic E-state index is 11.7. The van der Waals surface area contributed by atoms with Crippen molar-refractivity contribution in [3.05, 3.63) is 0 Å². The zero-order valence-corrected chi connectivity index (χ0v) is 13.9. The number of rotatable bonds is 5. The molecule has 2 atom stereocenters. The Morgan fingerprint density at radius 3 is 2.37 bits per heavy atom. The highest BCUT2D eigenvalue weighted by Crippen LogP contribution is 2.26. The molecule has 4 nitrogen and oxygen atoms in total. The zero-order valence-electron chi connectivity index (χ0n) is 13.1. The topological polar surface area (TPSA) is 49.4 Å². The monoisotopic (exact) mass is 290 g/mol. The van der Waals surface area contributed by atoms with Crippen LogP contribution in [0, 0.1) is 5.41 Å². The Balaban J connectivity index is 2.72. The Kier molecular flexibility index (Phi) is 5.83. The summed E-state index contributed by atoms with van der Waals surface area (Å²) in [6.07, 6.45) is 1.09. The molecule has 0 aliphatic carbocycles. The molecule has 0 saturated carbocycles. The molecule has 1 aliphatic rings. The van der Waals surface area contributed by atoms with Gasteiger partial charge in [0.15, 0.2) is 9.84 Å². The van der Waals surface area contributed by atoms with Gasteiger partial charge in [-0.05, 0) is 11.8 Å². The van der Waals surface area contributed by atoms with E-state index in [1.54, 1.807) is 6.92 Å². The van der Waals surface area contributed by atoms with Gasteiger partial charge in [0.25, 0.3) is 0 Å². The average Bonchev–Trinajstić information content (AvgIpc) is 2.35. The molecule has 1 fully saturated rings. The number of sulfone groups is 1. The molecular formula is C14H30N2O2S. The molecule has 5 heteroatoms. The van der Waals surface area contributed by atoms with Crippen LogP contribution in [-0.4, -0.2) is 56.5 Å². The van der Waals surface area contributed by atoms with Crippen LogP contribution in [0.5, 0.6) is 0 Å². The third-order valence-corrected chi connectivity index (χ3v) is 5.80. The van der Waals surface area contributed by atoms with Gasteiger partial charge in [-0.3, -0.25) is 4.90 Å². The molecule has 0 amide bonds. The normalized spacial score (nSPS) is 26.6. The summed E-state index contributed by atoms with van der Waals surface area (Å²) in [5.41, 5.74) is 0.168. The molecule has 0 aromatic rings. The Morgan fingerprint density at radius 1 is 1.26 bits per heavy atom. The van der Waals surface area contributed by atoms with Gasteiger partial charge in [-0.2, -0.15) is 0 Å². The highest BCUT2D eigenvalue weighted by molar-refractivity contribution is 7.91. The van der Waals surface area contributed by atoms with E-state index in [4.69, 9.17) is 0 Å². The van der Waals surface area contributed by atoms with Crippen LogP contribution in [0.25, 0.3) is 0 Å². The molecule has 1 saturated heterocycles. The van der Waals surface area contributed by atoms with Crippen LogP contribution in [0.1, 0.15) is 41.0 Å². The van der Waals surface area contributed by atoms with Crippen molar-refractivity contribution < 1.29 is 8.42 Å². The maximum Gasteiger partial charge on any atom is 0.151 e. The van der Waals surface area contributed by atoms with Crippen molar-refractivity contribution in [3.63, 3.8) is 0 Å². The second-order valence-electron chi connectivity index (χ2n) is 6.63. The van der Waals surface area contributed by atoms with Crippen LogP contribution in [-0.2, 0) is 9.84 Å². The van der Waals surface area contributed by atoms with E-state index >= 15 is 0 Å². The van der Waals surface area contributed by atoms with E-state index in [1.807, 2.05) is 0 Å². The van der Waals surface area contributed by atoms with E-state index in [0.717, 1.165) is 19.5 Å². The first kappa shape index (κ1) is 16.9. The smallest absolute Gasteiger partial charge is 0.151 e. The highest BCUT2D eigenvalue weighted by atomic mass is 32.2. The van der Waals surface area contributed by atoms with Crippen molar-refractivity contribution in [1.29, 1.82) is 0 Å². The van der Waals surface area contributed by atoms with Crippen molar-refractivity contribution in [2.45, 2.75) is 53.1 Å². The lowest BCUT2D eigenvalue weighted by molar-refractivity contribution is 0.0602. The number of nitrogens with zero attached hydrogens (tertiary/aromatic N) is 1. The van der Waals surface area contributed by atoms with Gasteiger partial charge < -0.3 is 5.32 Å². The van der Waals surface area contributed by atoms with Crippen LogP contribution in [0.15, 0.2) is 0 Å². The molecule has 0 radical (unpaired) electrons. The van der Waals surface area contributed by atoms with Crippen LogP contribution in [0.4, 0.5) is 0 Å². The van der Waals surface area contributed by atoms with Gasteiger partial charge in [-0.15, -0.1) is 0 Å². The summed E-state index contributed by atoms with van der Waals surface area (Å²) in [6, 6.07) is 0.894. The van der Waals surface area contributed by atoms with Crippen molar-refractivity contribution in [2.75, 3.05) is 31.1 Å². The van der Waals surface area contributed by atoms with E-state index < -0.39 is 9.84 Å². The third kappa shape index (κ3) is 5.04. The van der Waals surface area contributed by atoms with Crippen LogP contribution < -0.4 is 5.32 Å². The standard InChI is InChI=1S/C14H30N2O2S/c1-6-12-11-16(8-9-19(17,18)7-2)13(10-15-12)14(3,4)5/h12-13,15H,6-11H2,1-5H3. The lowest BCUT2D eigenvalue weighted by atomic mass is 9.83. The molecule has 0 spiro atoms. The summed E-state index contributed by atoms with van der Waals surface area (Å²) in [4.78, 5) is 2.37. The Bertz CT molecular complexity index is 373. The summed E-state index contributed by atoms with van der Waals surface area (Å²) >= 11 is 0. The quantitative estimate of drug-likeness (QED) is 0.834. The number of hydrogen-bond donors (Lipinski definition) is 1. The van der Waals surface area contributed by atoms with Gasteiger partial charge in [0.1, 0.15) is 0 Å². The fraction of sp³-hybridized carbons (Fsp3) is 1.00. The molecule has 0 aromatic carbocycles. The summed E-state index contributed by atoms with van der Waals surface area (Å²) in [6.45, 7) is 13.2. The van der Waals surface area contributed by atoms with Gasteiger partial charge in [0.2, 0.25) is 0 Å². The zero-order chi connectivity index (χ0) is 14.7. The molecular weight excluding hydrogens is 260 g/mol. The minimum absolute atomic E-state index is 0.168. The largest absolute Gasteiger partial charge is 0.311 e. The summed E-state index contributed by atoms with van der Waals surface area (Å²) in [5.74, 6) is 0.531. The summed E-state index contributed by atoms with van der Waals surface area (Å²) in [7, 11) is -2.87. The maximum absolute atomic E-state index is 11.7. The predicted octanol–water partition coefficient (Wildman–Crippen LogP) is 1.52. The molecule has 1 heterocycles. The molecule has 1 N–H and O–H groups in total. The van der Waals surface area contributed by atoms with Gasteiger partial charge in [0, 0.05) is 37.5 Å². The van der Waals surface area contributed by atoms with Crippen molar-refractivity contribution in [3.8, 4) is 0 Å². The number of nitrogens with one attached hydrogen (secondary N) is 1. The minimum atomic E-state index is -2.87. The van der Waals surface area contributed by atoms with E-state index in [9.17, 15) is 8.42 Å². The Hall–Kier alpha value is -0.130. The summed E-state index contributed by atoms with van der Waals surface area (Å²) < 4.78 is 23.4. The molecule has 0 bridgehead atoms. The number of piperazine rings is 1. The Labute approximate surface area is 118 Å². The second kappa shape index (κ2) is 6.55. The molecule has 19 heavy (non-hydrogen) atoms. The lowest BCUT2D eigenvalue weighted by Crippen LogP contribution is -2.61. The summed E-state index contributed by atoms with van der Waals surface area (Å²) in [5, 5.41) is 3.58. The van der Waals surface area contributed by atoms with E-state index in [1.165, 1.54) is 0 Å². The first-order valence-electron chi connectivity index (χ1n) is 7.37. The van der Waals surface area contributed by atoms with Crippen LogP contribution in [0.3, 0.4) is 0 Å². The highest BCUT2D eigenvalue weighted by Gasteiger charge is 2.35. The first-order valence-corrected chi connectivity index (χ1v) is 9.19. The molecule has 1 aliphatic heterocycles. The van der Waals surface area contributed by atoms with Crippen molar-refractivity contribution >= 4 is 9.84 Å². The second-order valence-corrected chi connectivity index (χ2v) is 9.10. The van der Waals surface area contributed by atoms with E-state index in [-0.39, 0.29) is 16.9 Å². The van der Waals surface area contributed by atoms with Crippen LogP contribution >= 0.6 is 0 Å². The average molecular weight is 290 g/mol.